The molecule has 0 saturated carbocycles. The van der Waals surface area contributed by atoms with Crippen LogP contribution >= 0.6 is 0 Å². The van der Waals surface area contributed by atoms with Crippen molar-refractivity contribution < 1.29 is 15.0 Å². The lowest BCUT2D eigenvalue weighted by atomic mass is 10.1. The van der Waals surface area contributed by atoms with Gasteiger partial charge in [-0.15, -0.1) is 0 Å². The zero-order valence-corrected chi connectivity index (χ0v) is 7.31. The van der Waals surface area contributed by atoms with E-state index in [1.807, 2.05) is 0 Å². The third-order valence-corrected chi connectivity index (χ3v) is 1.29. The standard InChI is InChI=1S/C6H14N2O2.CHNO/c7-4-2-1-3-5(8)6(9)10;2-1-3/h5H,1-4,7-8H2,(H,9,10);3H. The van der Waals surface area contributed by atoms with Gasteiger partial charge < -0.3 is 21.7 Å². The van der Waals surface area contributed by atoms with E-state index >= 15 is 0 Å². The van der Waals surface area contributed by atoms with Crippen molar-refractivity contribution in [2.24, 2.45) is 11.5 Å². The Bertz CT molecular complexity index is 167. The molecule has 0 rings (SSSR count). The molecule has 0 aromatic heterocycles. The molecule has 13 heavy (non-hydrogen) atoms. The van der Waals surface area contributed by atoms with Crippen molar-refractivity contribution in [1.82, 2.24) is 0 Å². The summed E-state index contributed by atoms with van der Waals surface area (Å²) in [5, 5.41) is 22.1. The summed E-state index contributed by atoms with van der Waals surface area (Å²) in [6.07, 6.45) is 2.91. The maximum Gasteiger partial charge on any atom is 0.320 e. The highest BCUT2D eigenvalue weighted by atomic mass is 16.4. The lowest BCUT2D eigenvalue weighted by molar-refractivity contribution is -0.138. The van der Waals surface area contributed by atoms with Gasteiger partial charge in [0.1, 0.15) is 6.04 Å². The zero-order valence-electron chi connectivity index (χ0n) is 7.31. The molecular weight excluding hydrogens is 174 g/mol. The van der Waals surface area contributed by atoms with Crippen LogP contribution in [0.25, 0.3) is 0 Å². The van der Waals surface area contributed by atoms with Gasteiger partial charge in [0.2, 0.25) is 0 Å². The number of nitriles is 1. The molecular formula is C7H15N3O3. The van der Waals surface area contributed by atoms with Gasteiger partial charge in [0.25, 0.3) is 6.26 Å². The predicted molar refractivity (Wildman–Crippen MR) is 46.1 cm³/mol. The Morgan fingerprint density at radius 1 is 1.54 bits per heavy atom. The summed E-state index contributed by atoms with van der Waals surface area (Å²) in [6, 6.07) is -0.716. The van der Waals surface area contributed by atoms with Gasteiger partial charge in [-0.2, -0.15) is 5.26 Å². The molecule has 0 saturated heterocycles. The van der Waals surface area contributed by atoms with E-state index < -0.39 is 12.0 Å². The Morgan fingerprint density at radius 3 is 2.31 bits per heavy atom. The van der Waals surface area contributed by atoms with Crippen molar-refractivity contribution in [3.63, 3.8) is 0 Å². The highest BCUT2D eigenvalue weighted by molar-refractivity contribution is 5.72. The van der Waals surface area contributed by atoms with E-state index in [0.29, 0.717) is 13.0 Å². The molecule has 0 spiro atoms. The van der Waals surface area contributed by atoms with Crippen LogP contribution in [-0.4, -0.2) is 28.8 Å². The Hall–Kier alpha value is -1.32. The van der Waals surface area contributed by atoms with E-state index in [1.54, 1.807) is 0 Å². The fourth-order valence-electron chi connectivity index (χ4n) is 0.632. The predicted octanol–water partition coefficient (Wildman–Crippen LogP) is -0.633. The molecule has 0 bridgehead atoms. The average molecular weight is 189 g/mol. The maximum atomic E-state index is 10.1. The summed E-state index contributed by atoms with van der Waals surface area (Å²) in [5.41, 5.74) is 10.4. The number of carbonyl (C=O) groups is 1. The van der Waals surface area contributed by atoms with E-state index in [-0.39, 0.29) is 0 Å². The number of aliphatic hydroxyl groups is 1. The molecule has 0 amide bonds. The average Bonchev–Trinajstić information content (AvgIpc) is 2.06. The molecule has 0 aromatic rings. The molecule has 1 atom stereocenters. The number of carboxylic acids is 1. The van der Waals surface area contributed by atoms with Gasteiger partial charge in [-0.05, 0) is 19.4 Å². The third kappa shape index (κ3) is 13.6. The first-order chi connectivity index (χ1) is 6.09. The Kier molecular flexibility index (Phi) is 11.7. The smallest absolute Gasteiger partial charge is 0.320 e. The molecule has 0 aliphatic heterocycles. The summed E-state index contributed by atoms with van der Waals surface area (Å²) >= 11 is 0. The van der Waals surface area contributed by atoms with Crippen LogP contribution in [0, 0.1) is 11.5 Å². The largest absolute Gasteiger partial charge is 0.480 e. The highest BCUT2D eigenvalue weighted by Gasteiger charge is 2.09. The van der Waals surface area contributed by atoms with Crippen LogP contribution in [0.15, 0.2) is 0 Å². The van der Waals surface area contributed by atoms with Gasteiger partial charge in [0, 0.05) is 0 Å². The molecule has 76 valence electrons. The van der Waals surface area contributed by atoms with Crippen LogP contribution in [0.5, 0.6) is 0 Å². The van der Waals surface area contributed by atoms with Crippen molar-refractivity contribution in [2.75, 3.05) is 6.54 Å². The topological polar surface area (TPSA) is 133 Å². The highest BCUT2D eigenvalue weighted by Crippen LogP contribution is 1.96. The fourth-order valence-corrected chi connectivity index (χ4v) is 0.632. The van der Waals surface area contributed by atoms with Gasteiger partial charge in [-0.25, -0.2) is 0 Å². The number of carboxylic acid groups (broad SMARTS) is 1. The van der Waals surface area contributed by atoms with E-state index in [1.165, 1.54) is 0 Å². The maximum absolute atomic E-state index is 10.1. The Labute approximate surface area is 76.8 Å². The summed E-state index contributed by atoms with van der Waals surface area (Å²) in [7, 11) is 0. The Balaban J connectivity index is 0. The first-order valence-corrected chi connectivity index (χ1v) is 3.81. The molecule has 1 unspecified atom stereocenters. The van der Waals surface area contributed by atoms with E-state index in [2.05, 4.69) is 0 Å². The van der Waals surface area contributed by atoms with Gasteiger partial charge in [-0.3, -0.25) is 4.79 Å². The van der Waals surface area contributed by atoms with Crippen molar-refractivity contribution in [3.8, 4) is 6.26 Å². The minimum Gasteiger partial charge on any atom is -0.480 e. The normalized spacial score (nSPS) is 10.5. The molecule has 0 fully saturated rings. The van der Waals surface area contributed by atoms with Gasteiger partial charge in [0.05, 0.1) is 0 Å². The van der Waals surface area contributed by atoms with Crippen LogP contribution < -0.4 is 11.5 Å². The lowest BCUT2D eigenvalue weighted by Gasteiger charge is -2.03. The van der Waals surface area contributed by atoms with Crippen LogP contribution in [0.2, 0.25) is 0 Å². The summed E-state index contributed by atoms with van der Waals surface area (Å²) in [4.78, 5) is 10.1. The molecule has 6 heteroatoms. The van der Waals surface area contributed by atoms with Crippen molar-refractivity contribution in [1.29, 1.82) is 5.26 Å². The second-order valence-corrected chi connectivity index (χ2v) is 2.33. The molecule has 0 radical (unpaired) electrons. The summed E-state index contributed by atoms with van der Waals surface area (Å²) < 4.78 is 0. The first-order valence-electron chi connectivity index (χ1n) is 3.81. The quantitative estimate of drug-likeness (QED) is 0.336. The fraction of sp³-hybridized carbons (Fsp3) is 0.714. The second-order valence-electron chi connectivity index (χ2n) is 2.33. The monoisotopic (exact) mass is 189 g/mol. The van der Waals surface area contributed by atoms with Crippen LogP contribution in [0.4, 0.5) is 0 Å². The third-order valence-electron chi connectivity index (χ3n) is 1.29. The molecule has 6 nitrogen and oxygen atoms in total. The first kappa shape index (κ1) is 14.2. The van der Waals surface area contributed by atoms with Gasteiger partial charge in [0.15, 0.2) is 0 Å². The van der Waals surface area contributed by atoms with Crippen molar-refractivity contribution in [2.45, 2.75) is 25.3 Å². The minimum absolute atomic E-state index is 0.520. The van der Waals surface area contributed by atoms with Gasteiger partial charge in [-0.1, -0.05) is 6.42 Å². The van der Waals surface area contributed by atoms with Crippen LogP contribution in [-0.2, 0) is 4.79 Å². The summed E-state index contributed by atoms with van der Waals surface area (Å²) in [5.74, 6) is -0.933. The number of aliphatic carboxylic acids is 1. The van der Waals surface area contributed by atoms with Gasteiger partial charge >= 0.3 is 5.97 Å². The van der Waals surface area contributed by atoms with Crippen molar-refractivity contribution in [3.05, 3.63) is 0 Å². The minimum atomic E-state index is -0.933. The van der Waals surface area contributed by atoms with Crippen LogP contribution in [0.3, 0.4) is 0 Å². The number of rotatable bonds is 5. The lowest BCUT2D eigenvalue weighted by Crippen LogP contribution is -2.29. The van der Waals surface area contributed by atoms with E-state index in [4.69, 9.17) is 26.9 Å². The number of hydrogen-bond donors (Lipinski definition) is 4. The van der Waals surface area contributed by atoms with Crippen LogP contribution in [0.1, 0.15) is 19.3 Å². The van der Waals surface area contributed by atoms with E-state index in [9.17, 15) is 4.79 Å². The molecule has 6 N–H and O–H groups in total. The van der Waals surface area contributed by atoms with Crippen molar-refractivity contribution >= 4 is 5.97 Å². The summed E-state index contributed by atoms with van der Waals surface area (Å²) in [6.45, 7) is 0.604. The number of nitrogens with two attached hydrogens (primary N) is 2. The number of hydrogen-bond acceptors (Lipinski definition) is 5. The van der Waals surface area contributed by atoms with E-state index in [0.717, 1.165) is 19.1 Å². The molecule has 0 aromatic carbocycles. The molecule has 0 aliphatic rings. The zero-order chi connectivity index (χ0) is 10.7. The number of aliphatic hydroxyl groups excluding tert-OH is 1. The molecule has 0 aliphatic carbocycles. The second kappa shape index (κ2) is 10.7. The molecule has 0 heterocycles. The SMILES string of the molecule is N#CO.NCCCCC(N)C(=O)O. The Morgan fingerprint density at radius 2 is 2.00 bits per heavy atom. The number of unbranched alkanes of at least 4 members (excludes halogenated alkanes) is 1. The number of nitrogens with zero attached hydrogens (tertiary/aromatic N) is 1.